The lowest BCUT2D eigenvalue weighted by molar-refractivity contribution is -0.134. The van der Waals surface area contributed by atoms with Crippen LogP contribution in [-0.4, -0.2) is 70.9 Å². The highest BCUT2D eigenvalue weighted by molar-refractivity contribution is 6.35. The number of halogens is 2. The Kier molecular flexibility index (Phi) is 9.36. The number of nitrogens with one attached hydrogen (secondary N) is 1. The van der Waals surface area contributed by atoms with E-state index in [2.05, 4.69) is 5.32 Å². The Hall–Kier alpha value is -1.87. The molecule has 1 aromatic carbocycles. The molecule has 1 saturated heterocycles. The molecule has 1 aromatic rings. The highest BCUT2D eigenvalue weighted by Crippen LogP contribution is 2.20. The molecule has 8 nitrogen and oxygen atoms in total. The maximum absolute atomic E-state index is 12.1. The Morgan fingerprint density at radius 2 is 2.00 bits per heavy atom. The van der Waals surface area contributed by atoms with Crippen LogP contribution < -0.4 is 5.32 Å². The Balaban J connectivity index is 0.00000105. The molecule has 4 N–H and O–H groups in total. The van der Waals surface area contributed by atoms with Crippen LogP contribution in [-0.2, 0) is 9.59 Å². The molecule has 1 fully saturated rings. The summed E-state index contributed by atoms with van der Waals surface area (Å²) in [5, 5.41) is 28.9. The van der Waals surface area contributed by atoms with Crippen LogP contribution in [0.4, 0.5) is 0 Å². The van der Waals surface area contributed by atoms with Gasteiger partial charge in [0.05, 0.1) is 29.8 Å². The first kappa shape index (κ1) is 22.2. The van der Waals surface area contributed by atoms with E-state index in [0.717, 1.165) is 0 Å². The van der Waals surface area contributed by atoms with Gasteiger partial charge in [-0.15, -0.1) is 0 Å². The largest absolute Gasteiger partial charge is 0.483 e. The lowest BCUT2D eigenvalue weighted by Crippen LogP contribution is -2.50. The van der Waals surface area contributed by atoms with Crippen molar-refractivity contribution in [2.75, 3.05) is 26.2 Å². The Bertz CT molecular complexity index is 643. The molecular formula is C16H20Cl2N2O6. The molecule has 2 atom stereocenters. The minimum Gasteiger partial charge on any atom is -0.483 e. The summed E-state index contributed by atoms with van der Waals surface area (Å²) >= 11 is 11.8. The molecule has 26 heavy (non-hydrogen) atoms. The molecule has 0 spiro atoms. The number of piperidine rings is 1. The molecule has 0 unspecified atom stereocenters. The van der Waals surface area contributed by atoms with Gasteiger partial charge in [-0.2, -0.15) is 0 Å². The second kappa shape index (κ2) is 11.0. The Labute approximate surface area is 160 Å². The average molecular weight is 407 g/mol. The zero-order valence-corrected chi connectivity index (χ0v) is 15.3. The quantitative estimate of drug-likeness (QED) is 0.542. The number of aliphatic hydroxyl groups is 2. The van der Waals surface area contributed by atoms with Crippen molar-refractivity contribution >= 4 is 41.5 Å². The summed E-state index contributed by atoms with van der Waals surface area (Å²) in [7, 11) is 0. The fourth-order valence-electron chi connectivity index (χ4n) is 2.46. The van der Waals surface area contributed by atoms with Gasteiger partial charge in [-0.3, -0.25) is 14.4 Å². The van der Waals surface area contributed by atoms with Crippen molar-refractivity contribution in [3.8, 4) is 0 Å². The highest BCUT2D eigenvalue weighted by atomic mass is 35.5. The Morgan fingerprint density at radius 1 is 1.35 bits per heavy atom. The summed E-state index contributed by atoms with van der Waals surface area (Å²) in [6.07, 6.45) is -0.200. The van der Waals surface area contributed by atoms with E-state index in [4.69, 9.17) is 33.1 Å². The van der Waals surface area contributed by atoms with E-state index in [1.54, 1.807) is 6.07 Å². The fourth-order valence-corrected chi connectivity index (χ4v) is 2.84. The maximum Gasteiger partial charge on any atom is 0.290 e. The molecule has 10 heteroatoms. The third-order valence-corrected chi connectivity index (χ3v) is 4.42. The predicted molar refractivity (Wildman–Crippen MR) is 95.3 cm³/mol. The van der Waals surface area contributed by atoms with Gasteiger partial charge >= 0.3 is 0 Å². The lowest BCUT2D eigenvalue weighted by Gasteiger charge is -2.35. The summed E-state index contributed by atoms with van der Waals surface area (Å²) in [5.41, 5.74) is 0.203. The van der Waals surface area contributed by atoms with Crippen LogP contribution in [0.15, 0.2) is 18.2 Å². The van der Waals surface area contributed by atoms with Gasteiger partial charge in [-0.1, -0.05) is 23.2 Å². The van der Waals surface area contributed by atoms with Gasteiger partial charge in [0.25, 0.3) is 12.4 Å². The van der Waals surface area contributed by atoms with E-state index in [0.29, 0.717) is 18.0 Å². The van der Waals surface area contributed by atoms with Crippen LogP contribution >= 0.6 is 23.2 Å². The summed E-state index contributed by atoms with van der Waals surface area (Å²) in [4.78, 5) is 34.1. The molecule has 0 aliphatic carbocycles. The van der Waals surface area contributed by atoms with E-state index < -0.39 is 12.0 Å². The summed E-state index contributed by atoms with van der Waals surface area (Å²) in [6, 6.07) is 4.52. The minimum absolute atomic E-state index is 0.185. The van der Waals surface area contributed by atoms with Gasteiger partial charge in [-0.25, -0.2) is 0 Å². The van der Waals surface area contributed by atoms with Gasteiger partial charge < -0.3 is 25.5 Å². The molecule has 0 bridgehead atoms. The monoisotopic (exact) mass is 406 g/mol. The molecule has 0 radical (unpaired) electrons. The number of carbonyl (C=O) groups excluding carboxylic acids is 2. The third-order valence-electron chi connectivity index (χ3n) is 3.85. The van der Waals surface area contributed by atoms with E-state index in [-0.39, 0.29) is 48.6 Å². The summed E-state index contributed by atoms with van der Waals surface area (Å²) in [6.45, 7) is 0.0416. The molecule has 0 aromatic heterocycles. The van der Waals surface area contributed by atoms with Crippen molar-refractivity contribution in [2.45, 2.75) is 12.5 Å². The highest BCUT2D eigenvalue weighted by Gasteiger charge is 2.29. The number of carboxylic acid groups (broad SMARTS) is 1. The fraction of sp³-hybridized carbons (Fsp3) is 0.438. The SMILES string of the molecule is O=C(NCC(=O)N1CC[C@H](O)[C@H](CO)C1)c1cc(Cl)ccc1Cl.O=CO. The van der Waals surface area contributed by atoms with Crippen molar-refractivity contribution in [1.82, 2.24) is 10.2 Å². The third kappa shape index (κ3) is 6.45. The van der Waals surface area contributed by atoms with Crippen LogP contribution in [0.5, 0.6) is 0 Å². The maximum atomic E-state index is 12.1. The van der Waals surface area contributed by atoms with Crippen molar-refractivity contribution in [3.05, 3.63) is 33.8 Å². The molecule has 1 aliphatic heterocycles. The number of likely N-dealkylation sites (tertiary alicyclic amines) is 1. The Morgan fingerprint density at radius 3 is 2.62 bits per heavy atom. The first-order chi connectivity index (χ1) is 12.3. The molecule has 1 heterocycles. The molecule has 2 rings (SSSR count). The van der Waals surface area contributed by atoms with Crippen molar-refractivity contribution < 1.29 is 29.7 Å². The van der Waals surface area contributed by atoms with Crippen molar-refractivity contribution in [1.29, 1.82) is 0 Å². The number of amides is 2. The van der Waals surface area contributed by atoms with Crippen LogP contribution in [0.1, 0.15) is 16.8 Å². The van der Waals surface area contributed by atoms with Crippen LogP contribution in [0.3, 0.4) is 0 Å². The van der Waals surface area contributed by atoms with Gasteiger partial charge in [0.1, 0.15) is 0 Å². The molecule has 2 amide bonds. The van der Waals surface area contributed by atoms with Crippen molar-refractivity contribution in [3.63, 3.8) is 0 Å². The number of hydrogen-bond acceptors (Lipinski definition) is 5. The zero-order valence-electron chi connectivity index (χ0n) is 13.8. The van der Waals surface area contributed by atoms with Crippen LogP contribution in [0, 0.1) is 5.92 Å². The van der Waals surface area contributed by atoms with E-state index in [1.807, 2.05) is 0 Å². The predicted octanol–water partition coefficient (Wildman–Crippen LogP) is 0.626. The topological polar surface area (TPSA) is 127 Å². The minimum atomic E-state index is -0.607. The zero-order chi connectivity index (χ0) is 19.7. The van der Waals surface area contributed by atoms with Crippen LogP contribution in [0.25, 0.3) is 0 Å². The lowest BCUT2D eigenvalue weighted by atomic mass is 9.95. The first-order valence-electron chi connectivity index (χ1n) is 7.71. The smallest absolute Gasteiger partial charge is 0.290 e. The van der Waals surface area contributed by atoms with Gasteiger partial charge in [-0.05, 0) is 24.6 Å². The summed E-state index contributed by atoms with van der Waals surface area (Å²) in [5.74, 6) is -1.12. The number of carbonyl (C=O) groups is 3. The van der Waals surface area contributed by atoms with E-state index in [9.17, 15) is 19.8 Å². The average Bonchev–Trinajstić information content (AvgIpc) is 2.62. The van der Waals surface area contributed by atoms with Gasteiger partial charge in [0, 0.05) is 24.0 Å². The number of nitrogens with zero attached hydrogens (tertiary/aromatic N) is 1. The van der Waals surface area contributed by atoms with Gasteiger partial charge in [0.15, 0.2) is 0 Å². The first-order valence-corrected chi connectivity index (χ1v) is 8.47. The second-order valence-electron chi connectivity index (χ2n) is 5.55. The standard InChI is InChI=1S/C15H18Cl2N2O4.CH2O2/c16-10-1-2-12(17)11(5-10)15(23)18-6-14(22)19-4-3-13(21)9(7-19)8-20;2-1-3/h1-2,5,9,13,20-21H,3-4,6-8H2,(H,18,23);1H,(H,2,3)/t9-,13-;/m0./s1. The number of hydrogen-bond donors (Lipinski definition) is 4. The molecule has 144 valence electrons. The number of rotatable bonds is 4. The van der Waals surface area contributed by atoms with E-state index >= 15 is 0 Å². The summed E-state index contributed by atoms with van der Waals surface area (Å²) < 4.78 is 0. The molecule has 1 aliphatic rings. The van der Waals surface area contributed by atoms with E-state index in [1.165, 1.54) is 17.0 Å². The molecular weight excluding hydrogens is 387 g/mol. The van der Waals surface area contributed by atoms with Crippen LogP contribution in [0.2, 0.25) is 10.0 Å². The van der Waals surface area contributed by atoms with Gasteiger partial charge in [0.2, 0.25) is 5.91 Å². The normalized spacial score (nSPS) is 19.2. The molecule has 0 saturated carbocycles. The second-order valence-corrected chi connectivity index (χ2v) is 6.39. The number of aliphatic hydroxyl groups excluding tert-OH is 2. The van der Waals surface area contributed by atoms with Crippen molar-refractivity contribution in [2.24, 2.45) is 5.92 Å². The number of benzene rings is 1.